The van der Waals surface area contributed by atoms with Crippen molar-refractivity contribution in [2.24, 2.45) is 0 Å². The van der Waals surface area contributed by atoms with Gasteiger partial charge in [-0.25, -0.2) is 0 Å². The van der Waals surface area contributed by atoms with Crippen LogP contribution >= 0.6 is 11.8 Å². The van der Waals surface area contributed by atoms with Crippen molar-refractivity contribution in [2.45, 2.75) is 11.8 Å². The Hall–Kier alpha value is -1.94. The number of carbonyl (C=O) groups is 1. The third-order valence-electron chi connectivity index (χ3n) is 2.74. The first kappa shape index (κ1) is 11.2. The normalized spacial score (nSPS) is 16.5. The average Bonchev–Trinajstić information content (AvgIpc) is 2.83. The van der Waals surface area contributed by atoms with Gasteiger partial charge in [0.25, 0.3) is 5.91 Å². The van der Waals surface area contributed by atoms with Gasteiger partial charge in [0.2, 0.25) is 0 Å². The molecular weight excluding hydrogens is 244 g/mol. The quantitative estimate of drug-likeness (QED) is 0.768. The number of rotatable bonds is 1. The van der Waals surface area contributed by atoms with Crippen LogP contribution in [-0.4, -0.2) is 10.9 Å². The summed E-state index contributed by atoms with van der Waals surface area (Å²) in [6.45, 7) is 2.05. The number of hydrogen-bond acceptors (Lipinski definition) is 2. The molecule has 1 aliphatic rings. The standard InChI is InChI=1S/C14H12N2OS/c1-9-4-5-11-12(7-9)18-13(14(17)16-11)8-10-3-2-6-15-10/h2-8,15H,1H3,(H,16,17)/b13-8-. The van der Waals surface area contributed by atoms with Gasteiger partial charge in [-0.2, -0.15) is 0 Å². The molecule has 1 aromatic carbocycles. The van der Waals surface area contributed by atoms with Crippen molar-refractivity contribution < 1.29 is 4.79 Å². The fourth-order valence-electron chi connectivity index (χ4n) is 1.84. The topological polar surface area (TPSA) is 44.9 Å². The zero-order chi connectivity index (χ0) is 12.5. The van der Waals surface area contributed by atoms with Crippen molar-refractivity contribution in [3.05, 3.63) is 52.7 Å². The minimum absolute atomic E-state index is 0.0500. The third kappa shape index (κ3) is 2.07. The molecule has 0 saturated heterocycles. The minimum Gasteiger partial charge on any atom is -0.362 e. The fraction of sp³-hybridized carbons (Fsp3) is 0.0714. The smallest absolute Gasteiger partial charge is 0.262 e. The fourth-order valence-corrected chi connectivity index (χ4v) is 2.88. The van der Waals surface area contributed by atoms with Gasteiger partial charge in [0.15, 0.2) is 0 Å². The molecule has 90 valence electrons. The van der Waals surface area contributed by atoms with E-state index in [2.05, 4.69) is 16.4 Å². The molecule has 1 aliphatic heterocycles. The molecule has 0 bridgehead atoms. The van der Waals surface area contributed by atoms with Crippen molar-refractivity contribution in [2.75, 3.05) is 5.32 Å². The molecule has 1 amide bonds. The second-order valence-electron chi connectivity index (χ2n) is 4.19. The van der Waals surface area contributed by atoms with Crippen LogP contribution in [0.15, 0.2) is 46.3 Å². The van der Waals surface area contributed by atoms with Crippen molar-refractivity contribution >= 4 is 29.4 Å². The Morgan fingerprint density at radius 3 is 2.94 bits per heavy atom. The number of fused-ring (bicyclic) bond motifs is 1. The summed E-state index contributed by atoms with van der Waals surface area (Å²) in [4.78, 5) is 16.8. The van der Waals surface area contributed by atoms with Crippen molar-refractivity contribution in [3.63, 3.8) is 0 Å². The van der Waals surface area contributed by atoms with Crippen LogP contribution in [0.5, 0.6) is 0 Å². The number of aromatic nitrogens is 1. The van der Waals surface area contributed by atoms with Crippen LogP contribution in [-0.2, 0) is 4.79 Å². The van der Waals surface area contributed by atoms with Gasteiger partial charge < -0.3 is 10.3 Å². The van der Waals surface area contributed by atoms with Crippen molar-refractivity contribution in [1.29, 1.82) is 0 Å². The molecule has 18 heavy (non-hydrogen) atoms. The molecule has 2 N–H and O–H groups in total. The highest BCUT2D eigenvalue weighted by molar-refractivity contribution is 8.04. The first-order valence-electron chi connectivity index (χ1n) is 5.67. The largest absolute Gasteiger partial charge is 0.362 e. The number of amides is 1. The lowest BCUT2D eigenvalue weighted by Crippen LogP contribution is -2.17. The van der Waals surface area contributed by atoms with Gasteiger partial charge >= 0.3 is 0 Å². The average molecular weight is 256 g/mol. The second kappa shape index (κ2) is 4.38. The zero-order valence-electron chi connectivity index (χ0n) is 9.86. The Labute approximate surface area is 109 Å². The van der Waals surface area contributed by atoms with Gasteiger partial charge in [-0.1, -0.05) is 17.8 Å². The van der Waals surface area contributed by atoms with Gasteiger partial charge in [-0.05, 0) is 42.8 Å². The number of hydrogen-bond donors (Lipinski definition) is 2. The van der Waals surface area contributed by atoms with Gasteiger partial charge in [0.05, 0.1) is 10.6 Å². The summed E-state index contributed by atoms with van der Waals surface area (Å²) in [6.07, 6.45) is 3.71. The Kier molecular flexibility index (Phi) is 2.72. The molecule has 0 saturated carbocycles. The molecule has 0 spiro atoms. The van der Waals surface area contributed by atoms with Crippen LogP contribution in [0.4, 0.5) is 5.69 Å². The van der Waals surface area contributed by atoms with Crippen LogP contribution < -0.4 is 5.32 Å². The highest BCUT2D eigenvalue weighted by Gasteiger charge is 2.20. The summed E-state index contributed by atoms with van der Waals surface area (Å²) >= 11 is 1.51. The summed E-state index contributed by atoms with van der Waals surface area (Å²) in [7, 11) is 0. The van der Waals surface area contributed by atoms with E-state index in [0.29, 0.717) is 4.91 Å². The molecule has 3 nitrogen and oxygen atoms in total. The van der Waals surface area contributed by atoms with Gasteiger partial charge in [0.1, 0.15) is 0 Å². The Bertz CT molecular complexity index is 629. The van der Waals surface area contributed by atoms with E-state index in [1.807, 2.05) is 43.5 Å². The van der Waals surface area contributed by atoms with Crippen molar-refractivity contribution in [1.82, 2.24) is 4.98 Å². The minimum atomic E-state index is -0.0500. The molecule has 3 rings (SSSR count). The van der Waals surface area contributed by atoms with E-state index in [0.717, 1.165) is 16.3 Å². The first-order chi connectivity index (χ1) is 8.72. The van der Waals surface area contributed by atoms with E-state index in [4.69, 9.17) is 0 Å². The number of H-pyrrole nitrogens is 1. The van der Waals surface area contributed by atoms with Crippen LogP contribution in [0.25, 0.3) is 6.08 Å². The summed E-state index contributed by atoms with van der Waals surface area (Å²) in [6, 6.07) is 9.88. The molecule has 0 fully saturated rings. The number of nitrogens with one attached hydrogen (secondary N) is 2. The van der Waals surface area contributed by atoms with E-state index in [1.165, 1.54) is 17.3 Å². The highest BCUT2D eigenvalue weighted by atomic mass is 32.2. The lowest BCUT2D eigenvalue weighted by atomic mass is 10.2. The lowest BCUT2D eigenvalue weighted by Gasteiger charge is -2.18. The van der Waals surface area contributed by atoms with Crippen molar-refractivity contribution in [3.8, 4) is 0 Å². The van der Waals surface area contributed by atoms with E-state index < -0.39 is 0 Å². The molecule has 2 heterocycles. The summed E-state index contributed by atoms with van der Waals surface area (Å²) in [5.74, 6) is -0.0500. The Balaban J connectivity index is 1.98. The number of benzene rings is 1. The zero-order valence-corrected chi connectivity index (χ0v) is 10.7. The van der Waals surface area contributed by atoms with E-state index in [-0.39, 0.29) is 5.91 Å². The van der Waals surface area contributed by atoms with Crippen LogP contribution in [0.3, 0.4) is 0 Å². The molecule has 0 unspecified atom stereocenters. The molecule has 0 aliphatic carbocycles. The Morgan fingerprint density at radius 1 is 1.28 bits per heavy atom. The number of carbonyl (C=O) groups excluding carboxylic acids is 1. The van der Waals surface area contributed by atoms with Crippen LogP contribution in [0.1, 0.15) is 11.3 Å². The predicted octanol–water partition coefficient (Wildman–Crippen LogP) is 3.41. The number of anilines is 1. The maximum Gasteiger partial charge on any atom is 0.262 e. The highest BCUT2D eigenvalue weighted by Crippen LogP contribution is 2.39. The molecular formula is C14H12N2OS. The summed E-state index contributed by atoms with van der Waals surface area (Å²) in [5, 5.41) is 2.91. The third-order valence-corrected chi connectivity index (χ3v) is 3.82. The number of aromatic amines is 1. The van der Waals surface area contributed by atoms with E-state index in [9.17, 15) is 4.79 Å². The Morgan fingerprint density at radius 2 is 2.17 bits per heavy atom. The maximum absolute atomic E-state index is 12.0. The van der Waals surface area contributed by atoms with Crippen LogP contribution in [0.2, 0.25) is 0 Å². The summed E-state index contributed by atoms with van der Waals surface area (Å²) in [5.41, 5.74) is 3.01. The van der Waals surface area contributed by atoms with Gasteiger partial charge in [-0.3, -0.25) is 4.79 Å². The first-order valence-corrected chi connectivity index (χ1v) is 6.49. The SMILES string of the molecule is Cc1ccc2c(c1)S/C(=C\c1ccc[nH]1)C(=O)N2. The molecule has 1 aromatic heterocycles. The van der Waals surface area contributed by atoms with E-state index in [1.54, 1.807) is 0 Å². The molecule has 0 atom stereocenters. The second-order valence-corrected chi connectivity index (χ2v) is 5.27. The summed E-state index contributed by atoms with van der Waals surface area (Å²) < 4.78 is 0. The molecule has 0 radical (unpaired) electrons. The van der Waals surface area contributed by atoms with Crippen LogP contribution in [0, 0.1) is 6.92 Å². The number of thioether (sulfide) groups is 1. The monoisotopic (exact) mass is 256 g/mol. The predicted molar refractivity (Wildman–Crippen MR) is 74.4 cm³/mol. The van der Waals surface area contributed by atoms with Gasteiger partial charge in [-0.15, -0.1) is 0 Å². The lowest BCUT2D eigenvalue weighted by molar-refractivity contribution is -0.112. The maximum atomic E-state index is 12.0. The molecule has 2 aromatic rings. The van der Waals surface area contributed by atoms with Gasteiger partial charge in [0, 0.05) is 16.8 Å². The number of aryl methyl sites for hydroxylation is 1. The molecule has 4 heteroatoms. The van der Waals surface area contributed by atoms with E-state index >= 15 is 0 Å².